The van der Waals surface area contributed by atoms with Crippen LogP contribution in [0.4, 0.5) is 0 Å². The Labute approximate surface area is 131 Å². The van der Waals surface area contributed by atoms with Gasteiger partial charge in [0.15, 0.2) is 0 Å². The molecular formula is C14H24N2O3S2. The molecule has 0 bridgehead atoms. The van der Waals surface area contributed by atoms with E-state index in [1.165, 1.54) is 11.3 Å². The zero-order valence-corrected chi connectivity index (χ0v) is 14.6. The topological polar surface area (TPSA) is 67.4 Å². The number of methoxy groups -OCH3 is 1. The molecular weight excluding hydrogens is 308 g/mol. The van der Waals surface area contributed by atoms with Crippen molar-refractivity contribution in [1.29, 1.82) is 0 Å². The Morgan fingerprint density at radius 1 is 1.48 bits per heavy atom. The SMILES string of the molecule is CCNCc1cc(S(=O)(=O)NC2CC(OC)C2(C)C)cs1. The van der Waals surface area contributed by atoms with Crippen LogP contribution in [-0.4, -0.2) is 34.2 Å². The van der Waals surface area contributed by atoms with E-state index in [1.807, 2.05) is 20.8 Å². The Morgan fingerprint density at radius 2 is 2.19 bits per heavy atom. The number of thiophene rings is 1. The third-order valence-corrected chi connectivity index (χ3v) is 6.79. The van der Waals surface area contributed by atoms with Gasteiger partial charge in [0.05, 0.1) is 11.0 Å². The van der Waals surface area contributed by atoms with Crippen molar-refractivity contribution < 1.29 is 13.2 Å². The summed E-state index contributed by atoms with van der Waals surface area (Å²) >= 11 is 1.47. The highest BCUT2D eigenvalue weighted by Gasteiger charge is 2.50. The van der Waals surface area contributed by atoms with Crippen LogP contribution >= 0.6 is 11.3 Å². The van der Waals surface area contributed by atoms with Gasteiger partial charge in [-0.1, -0.05) is 20.8 Å². The monoisotopic (exact) mass is 332 g/mol. The molecule has 5 nitrogen and oxygen atoms in total. The normalized spacial score (nSPS) is 24.8. The number of ether oxygens (including phenoxy) is 1. The maximum Gasteiger partial charge on any atom is 0.241 e. The summed E-state index contributed by atoms with van der Waals surface area (Å²) in [5, 5.41) is 4.90. The Hall–Kier alpha value is -0.470. The van der Waals surface area contributed by atoms with Crippen molar-refractivity contribution in [3.8, 4) is 0 Å². The first-order chi connectivity index (χ1) is 9.81. The molecule has 0 spiro atoms. The van der Waals surface area contributed by atoms with E-state index in [0.29, 0.717) is 11.4 Å². The van der Waals surface area contributed by atoms with E-state index in [0.717, 1.165) is 17.8 Å². The van der Waals surface area contributed by atoms with E-state index in [1.54, 1.807) is 18.6 Å². The molecule has 0 aliphatic heterocycles. The van der Waals surface area contributed by atoms with Gasteiger partial charge in [-0.3, -0.25) is 0 Å². The van der Waals surface area contributed by atoms with Crippen molar-refractivity contribution in [2.45, 2.75) is 50.8 Å². The first kappa shape index (κ1) is 16.9. The molecule has 2 unspecified atom stereocenters. The lowest BCUT2D eigenvalue weighted by Crippen LogP contribution is -2.61. The van der Waals surface area contributed by atoms with Crippen LogP contribution in [0.5, 0.6) is 0 Å². The number of nitrogens with one attached hydrogen (secondary N) is 2. The first-order valence-corrected chi connectivity index (χ1v) is 9.50. The van der Waals surface area contributed by atoms with Crippen LogP contribution in [0.25, 0.3) is 0 Å². The van der Waals surface area contributed by atoms with E-state index in [4.69, 9.17) is 4.74 Å². The molecule has 0 saturated heterocycles. The number of hydrogen-bond donors (Lipinski definition) is 2. The smallest absolute Gasteiger partial charge is 0.241 e. The molecule has 7 heteroatoms. The minimum atomic E-state index is -3.45. The van der Waals surface area contributed by atoms with Gasteiger partial charge in [-0.05, 0) is 19.0 Å². The van der Waals surface area contributed by atoms with Crippen LogP contribution in [-0.2, 0) is 21.3 Å². The van der Waals surface area contributed by atoms with E-state index in [2.05, 4.69) is 10.0 Å². The van der Waals surface area contributed by atoms with Gasteiger partial charge in [0.1, 0.15) is 0 Å². The van der Waals surface area contributed by atoms with Crippen molar-refractivity contribution in [2.24, 2.45) is 5.41 Å². The summed E-state index contributed by atoms with van der Waals surface area (Å²) in [6, 6.07) is 1.67. The lowest BCUT2D eigenvalue weighted by Gasteiger charge is -2.50. The van der Waals surface area contributed by atoms with Crippen molar-refractivity contribution in [3.63, 3.8) is 0 Å². The first-order valence-electron chi connectivity index (χ1n) is 7.14. The van der Waals surface area contributed by atoms with Gasteiger partial charge in [0, 0.05) is 35.4 Å². The fourth-order valence-corrected chi connectivity index (χ4v) is 5.23. The molecule has 1 aliphatic carbocycles. The Bertz CT molecular complexity index is 581. The second-order valence-electron chi connectivity index (χ2n) is 5.98. The molecule has 0 aromatic carbocycles. The molecule has 2 atom stereocenters. The fraction of sp³-hybridized carbons (Fsp3) is 0.714. The quantitative estimate of drug-likeness (QED) is 0.801. The summed E-state index contributed by atoms with van der Waals surface area (Å²) in [5.41, 5.74) is -0.176. The highest BCUT2D eigenvalue weighted by atomic mass is 32.2. The van der Waals surface area contributed by atoms with E-state index in [9.17, 15) is 8.42 Å². The minimum absolute atomic E-state index is 0.0791. The number of sulfonamides is 1. The van der Waals surface area contributed by atoms with Crippen LogP contribution in [0, 0.1) is 5.41 Å². The number of rotatable bonds is 7. The molecule has 0 amide bonds. The van der Waals surface area contributed by atoms with E-state index < -0.39 is 10.0 Å². The van der Waals surface area contributed by atoms with Crippen molar-refractivity contribution in [1.82, 2.24) is 10.0 Å². The molecule has 1 aromatic rings. The molecule has 1 aliphatic rings. The predicted octanol–water partition coefficient (Wildman–Crippen LogP) is 1.95. The van der Waals surface area contributed by atoms with Crippen LogP contribution in [0.1, 0.15) is 32.1 Å². The van der Waals surface area contributed by atoms with Gasteiger partial charge in [0.2, 0.25) is 10.0 Å². The third kappa shape index (κ3) is 3.48. The molecule has 2 rings (SSSR count). The minimum Gasteiger partial charge on any atom is -0.381 e. The summed E-state index contributed by atoms with van der Waals surface area (Å²) in [7, 11) is -1.78. The average molecular weight is 332 g/mol. The molecule has 1 fully saturated rings. The van der Waals surface area contributed by atoms with Crippen molar-refractivity contribution >= 4 is 21.4 Å². The highest BCUT2D eigenvalue weighted by molar-refractivity contribution is 7.89. The summed E-state index contributed by atoms with van der Waals surface area (Å²) in [4.78, 5) is 1.39. The molecule has 0 radical (unpaired) electrons. The fourth-order valence-electron chi connectivity index (χ4n) is 2.58. The summed E-state index contributed by atoms with van der Waals surface area (Å²) in [6.07, 6.45) is 0.828. The Balaban J connectivity index is 2.04. The average Bonchev–Trinajstić information content (AvgIpc) is 2.90. The lowest BCUT2D eigenvalue weighted by atomic mass is 9.65. The van der Waals surface area contributed by atoms with Crippen LogP contribution in [0.2, 0.25) is 0 Å². The zero-order valence-electron chi connectivity index (χ0n) is 13.0. The highest BCUT2D eigenvalue weighted by Crippen LogP contribution is 2.43. The van der Waals surface area contributed by atoms with Crippen molar-refractivity contribution in [3.05, 3.63) is 16.3 Å². The summed E-state index contributed by atoms with van der Waals surface area (Å²) in [5.74, 6) is 0. The number of hydrogen-bond acceptors (Lipinski definition) is 5. The molecule has 1 heterocycles. The van der Waals surface area contributed by atoms with Gasteiger partial charge in [-0.2, -0.15) is 0 Å². The zero-order chi connectivity index (χ0) is 15.7. The van der Waals surface area contributed by atoms with Crippen LogP contribution < -0.4 is 10.0 Å². The van der Waals surface area contributed by atoms with Crippen LogP contribution in [0.15, 0.2) is 16.3 Å². The van der Waals surface area contributed by atoms with Gasteiger partial charge < -0.3 is 10.1 Å². The van der Waals surface area contributed by atoms with Gasteiger partial charge in [-0.15, -0.1) is 11.3 Å². The van der Waals surface area contributed by atoms with Gasteiger partial charge in [0.25, 0.3) is 0 Å². The summed E-state index contributed by atoms with van der Waals surface area (Å²) < 4.78 is 33.0. The van der Waals surface area contributed by atoms with E-state index >= 15 is 0 Å². The third-order valence-electron chi connectivity index (χ3n) is 4.25. The Kier molecular flexibility index (Phi) is 5.10. The standard InChI is InChI=1S/C14H24N2O3S2/c1-5-15-8-10-6-11(9-20-10)21(17,18)16-12-7-13(19-4)14(12,2)3/h6,9,12-13,15-16H,5,7-8H2,1-4H3. The van der Waals surface area contributed by atoms with Crippen LogP contribution in [0.3, 0.4) is 0 Å². The maximum absolute atomic E-state index is 12.4. The summed E-state index contributed by atoms with van der Waals surface area (Å²) in [6.45, 7) is 7.66. The molecule has 1 aromatic heterocycles. The molecule has 1 saturated carbocycles. The van der Waals surface area contributed by atoms with Crippen molar-refractivity contribution in [2.75, 3.05) is 13.7 Å². The van der Waals surface area contributed by atoms with Gasteiger partial charge >= 0.3 is 0 Å². The molecule has 120 valence electrons. The molecule has 21 heavy (non-hydrogen) atoms. The van der Waals surface area contributed by atoms with Gasteiger partial charge in [-0.25, -0.2) is 13.1 Å². The van der Waals surface area contributed by atoms with E-state index in [-0.39, 0.29) is 17.6 Å². The maximum atomic E-state index is 12.4. The Morgan fingerprint density at radius 3 is 2.76 bits per heavy atom. The second kappa shape index (κ2) is 6.34. The predicted molar refractivity (Wildman–Crippen MR) is 85.0 cm³/mol. The largest absolute Gasteiger partial charge is 0.381 e. The molecule has 2 N–H and O–H groups in total. The second-order valence-corrected chi connectivity index (χ2v) is 8.69. The lowest BCUT2D eigenvalue weighted by molar-refractivity contribution is -0.0908.